The number of hydrogen-bond acceptors (Lipinski definition) is 4. The molecule has 2 aromatic carbocycles. The fourth-order valence-electron chi connectivity index (χ4n) is 2.93. The second-order valence-corrected chi connectivity index (χ2v) is 8.53. The summed E-state index contributed by atoms with van der Waals surface area (Å²) in [5.74, 6) is -1.27. The zero-order valence-electron chi connectivity index (χ0n) is 14.9. The number of fused-ring (bicyclic) bond motifs is 1. The number of halogens is 2. The number of anilines is 1. The minimum Gasteiger partial charge on any atom is -0.324 e. The van der Waals surface area contributed by atoms with E-state index in [9.17, 15) is 17.6 Å². The van der Waals surface area contributed by atoms with Crippen LogP contribution in [0, 0.1) is 12.7 Å². The van der Waals surface area contributed by atoms with Gasteiger partial charge in [-0.25, -0.2) is 12.8 Å². The van der Waals surface area contributed by atoms with E-state index >= 15 is 0 Å². The summed E-state index contributed by atoms with van der Waals surface area (Å²) >= 11 is 0. The largest absolute Gasteiger partial charge is 0.324 e. The summed E-state index contributed by atoms with van der Waals surface area (Å²) < 4.78 is 39.1. The van der Waals surface area contributed by atoms with Gasteiger partial charge in [0.25, 0.3) is 0 Å². The van der Waals surface area contributed by atoms with Crippen molar-refractivity contribution in [2.24, 2.45) is 0 Å². The first-order chi connectivity index (χ1) is 12.4. The van der Waals surface area contributed by atoms with E-state index in [1.54, 1.807) is 18.2 Å². The Labute approximate surface area is 164 Å². The molecule has 0 saturated heterocycles. The highest BCUT2D eigenvalue weighted by Crippen LogP contribution is 2.24. The second-order valence-electron chi connectivity index (χ2n) is 6.42. The van der Waals surface area contributed by atoms with Crippen molar-refractivity contribution in [3.05, 3.63) is 58.9 Å². The minimum atomic E-state index is -3.55. The maximum atomic E-state index is 14.5. The Hall–Kier alpha value is -1.96. The van der Waals surface area contributed by atoms with Crippen LogP contribution in [0.15, 0.2) is 41.3 Å². The molecule has 0 aromatic heterocycles. The number of carbonyl (C=O) groups excluding carboxylic acids is 1. The quantitative estimate of drug-likeness (QED) is 0.791. The minimum absolute atomic E-state index is 0. The SMILES string of the molecule is Cc1ccc(S(=O)(=O)CCC(=O)Nc2ccc3c(c2F)CCNC3)cc1.Cl. The Morgan fingerprint density at radius 2 is 1.89 bits per heavy atom. The van der Waals surface area contributed by atoms with Crippen LogP contribution in [0.2, 0.25) is 0 Å². The monoisotopic (exact) mass is 412 g/mol. The zero-order valence-corrected chi connectivity index (χ0v) is 16.6. The van der Waals surface area contributed by atoms with Gasteiger partial charge in [0.15, 0.2) is 9.84 Å². The fourth-order valence-corrected chi connectivity index (χ4v) is 4.17. The van der Waals surface area contributed by atoms with Crippen LogP contribution in [0.1, 0.15) is 23.1 Å². The van der Waals surface area contributed by atoms with E-state index in [1.807, 2.05) is 6.92 Å². The summed E-state index contributed by atoms with van der Waals surface area (Å²) in [6.45, 7) is 3.17. The fraction of sp³-hybridized carbons (Fsp3) is 0.316. The van der Waals surface area contributed by atoms with Gasteiger partial charge in [-0.15, -0.1) is 12.4 Å². The van der Waals surface area contributed by atoms with Crippen molar-refractivity contribution in [2.45, 2.75) is 31.2 Å². The number of nitrogens with one attached hydrogen (secondary N) is 2. The summed E-state index contributed by atoms with van der Waals surface area (Å²) in [5.41, 5.74) is 2.55. The molecule has 1 heterocycles. The van der Waals surface area contributed by atoms with E-state index in [2.05, 4.69) is 10.6 Å². The van der Waals surface area contributed by atoms with Crippen LogP contribution in [0.25, 0.3) is 0 Å². The Balaban J connectivity index is 0.00000261. The highest BCUT2D eigenvalue weighted by molar-refractivity contribution is 7.91. The Bertz CT molecular complexity index is 931. The number of aryl methyl sites for hydroxylation is 1. The first-order valence-electron chi connectivity index (χ1n) is 8.47. The summed E-state index contributed by atoms with van der Waals surface area (Å²) in [6.07, 6.45) is 0.334. The Morgan fingerprint density at radius 3 is 2.59 bits per heavy atom. The van der Waals surface area contributed by atoms with Crippen LogP contribution >= 0.6 is 12.4 Å². The topological polar surface area (TPSA) is 75.3 Å². The van der Waals surface area contributed by atoms with Crippen molar-refractivity contribution in [3.8, 4) is 0 Å². The van der Waals surface area contributed by atoms with Crippen LogP contribution in [0.5, 0.6) is 0 Å². The van der Waals surface area contributed by atoms with Gasteiger partial charge in [-0.05, 0) is 49.2 Å². The maximum Gasteiger partial charge on any atom is 0.225 e. The van der Waals surface area contributed by atoms with Gasteiger partial charge in [-0.1, -0.05) is 23.8 Å². The van der Waals surface area contributed by atoms with E-state index in [-0.39, 0.29) is 35.2 Å². The van der Waals surface area contributed by atoms with E-state index in [4.69, 9.17) is 0 Å². The van der Waals surface area contributed by atoms with Crippen LogP contribution in [0.3, 0.4) is 0 Å². The summed E-state index contributed by atoms with van der Waals surface area (Å²) in [6, 6.07) is 9.78. The van der Waals surface area contributed by atoms with Crippen molar-refractivity contribution in [1.29, 1.82) is 0 Å². The van der Waals surface area contributed by atoms with Gasteiger partial charge in [0.2, 0.25) is 5.91 Å². The van der Waals surface area contributed by atoms with Gasteiger partial charge in [-0.2, -0.15) is 0 Å². The molecule has 0 unspecified atom stereocenters. The lowest BCUT2D eigenvalue weighted by Crippen LogP contribution is -2.25. The molecule has 146 valence electrons. The first kappa shape index (κ1) is 21.3. The summed E-state index contributed by atoms with van der Waals surface area (Å²) in [7, 11) is -3.55. The Kier molecular flexibility index (Phi) is 6.97. The number of hydrogen-bond donors (Lipinski definition) is 2. The van der Waals surface area contributed by atoms with Crippen LogP contribution in [-0.2, 0) is 27.6 Å². The van der Waals surface area contributed by atoms with Crippen molar-refractivity contribution in [2.75, 3.05) is 17.6 Å². The van der Waals surface area contributed by atoms with Crippen LogP contribution in [0.4, 0.5) is 10.1 Å². The molecule has 3 rings (SSSR count). The molecule has 0 aliphatic carbocycles. The van der Waals surface area contributed by atoms with Gasteiger partial charge in [0.1, 0.15) is 5.82 Å². The van der Waals surface area contributed by atoms with Gasteiger partial charge in [-0.3, -0.25) is 4.79 Å². The first-order valence-corrected chi connectivity index (χ1v) is 10.1. The standard InChI is InChI=1S/C19H21FN2O3S.ClH/c1-13-2-5-15(6-3-13)26(24,25)11-9-18(23)22-17-7-4-14-12-21-10-8-16(14)19(17)20;/h2-7,21H,8-12H2,1H3,(H,22,23);1H. The normalized spacial score (nSPS) is 13.4. The third-order valence-corrected chi connectivity index (χ3v) is 6.19. The van der Waals surface area contributed by atoms with E-state index < -0.39 is 21.6 Å². The highest BCUT2D eigenvalue weighted by Gasteiger charge is 2.19. The molecule has 8 heteroatoms. The molecule has 27 heavy (non-hydrogen) atoms. The van der Waals surface area contributed by atoms with Gasteiger partial charge >= 0.3 is 0 Å². The molecular weight excluding hydrogens is 391 g/mol. The highest BCUT2D eigenvalue weighted by atomic mass is 35.5. The molecule has 0 fully saturated rings. The van der Waals surface area contributed by atoms with Crippen molar-refractivity contribution in [3.63, 3.8) is 0 Å². The van der Waals surface area contributed by atoms with E-state index in [1.165, 1.54) is 18.2 Å². The molecule has 1 aliphatic heterocycles. The van der Waals surface area contributed by atoms with Crippen LogP contribution in [-0.4, -0.2) is 26.6 Å². The zero-order chi connectivity index (χ0) is 18.7. The molecule has 0 bridgehead atoms. The third-order valence-electron chi connectivity index (χ3n) is 4.46. The molecule has 1 aliphatic rings. The lowest BCUT2D eigenvalue weighted by Gasteiger charge is -2.19. The van der Waals surface area contributed by atoms with Gasteiger partial charge in [0.05, 0.1) is 16.3 Å². The van der Waals surface area contributed by atoms with E-state index in [0.29, 0.717) is 25.1 Å². The van der Waals surface area contributed by atoms with Crippen LogP contribution < -0.4 is 10.6 Å². The molecule has 0 spiro atoms. The number of rotatable bonds is 5. The average molecular weight is 413 g/mol. The molecule has 2 aromatic rings. The number of sulfone groups is 1. The van der Waals surface area contributed by atoms with Crippen molar-refractivity contribution >= 4 is 33.8 Å². The smallest absolute Gasteiger partial charge is 0.225 e. The van der Waals surface area contributed by atoms with Crippen molar-refractivity contribution < 1.29 is 17.6 Å². The molecule has 2 N–H and O–H groups in total. The summed E-state index contributed by atoms with van der Waals surface area (Å²) in [5, 5.41) is 5.66. The average Bonchev–Trinajstić information content (AvgIpc) is 2.63. The second kappa shape index (κ2) is 8.82. The molecule has 5 nitrogen and oxygen atoms in total. The lowest BCUT2D eigenvalue weighted by molar-refractivity contribution is -0.115. The van der Waals surface area contributed by atoms with Gasteiger partial charge < -0.3 is 10.6 Å². The van der Waals surface area contributed by atoms with Gasteiger partial charge in [0, 0.05) is 13.0 Å². The predicted octanol–water partition coefficient (Wildman–Crippen LogP) is 3.00. The maximum absolute atomic E-state index is 14.5. The lowest BCUT2D eigenvalue weighted by atomic mass is 9.99. The summed E-state index contributed by atoms with van der Waals surface area (Å²) in [4.78, 5) is 12.3. The predicted molar refractivity (Wildman–Crippen MR) is 106 cm³/mol. The van der Waals surface area contributed by atoms with E-state index in [0.717, 1.165) is 11.1 Å². The molecule has 0 saturated carbocycles. The number of amides is 1. The molecule has 0 atom stereocenters. The molecule has 1 amide bonds. The Morgan fingerprint density at radius 1 is 1.19 bits per heavy atom. The molecule has 0 radical (unpaired) electrons. The van der Waals surface area contributed by atoms with Crippen molar-refractivity contribution in [1.82, 2.24) is 5.32 Å². The number of benzene rings is 2. The molecular formula is C19H22ClFN2O3S. The third kappa shape index (κ3) is 5.06. The number of carbonyl (C=O) groups is 1.